The van der Waals surface area contributed by atoms with E-state index in [1.807, 2.05) is 0 Å². The summed E-state index contributed by atoms with van der Waals surface area (Å²) in [6.45, 7) is 14.1. The Labute approximate surface area is 265 Å². The van der Waals surface area contributed by atoms with E-state index in [1.165, 1.54) is 32.1 Å². The van der Waals surface area contributed by atoms with E-state index in [2.05, 4.69) is 49.8 Å². The molecule has 4 heterocycles. The number of carbonyl (C=O) groups excluding carboxylic acids is 1. The molecule has 0 aromatic carbocycles. The molecule has 6 fully saturated rings. The van der Waals surface area contributed by atoms with E-state index in [9.17, 15) is 9.90 Å². The standard InChI is InChI=1S/C33H61N7O4/c1-3-38-11-13-40(14-12-38)32-17-26(16-31(37-32)36-27-5-4-6-27)33(42)34-18-28(41)20-39-10-9-24-15-29(8-7-25(24)19-39)43-21-30-23(2)35-22-44-30/h23-32,35-37,41H,3-22H2,1-2H3,(H,34,42)/t23?,24?,25?,26?,28-,29?,30?,31?,32?/m0/s1. The van der Waals surface area contributed by atoms with E-state index in [4.69, 9.17) is 9.47 Å². The lowest BCUT2D eigenvalue weighted by Gasteiger charge is -2.46. The zero-order valence-electron chi connectivity index (χ0n) is 27.4. The number of ether oxygens (including phenoxy) is 2. The van der Waals surface area contributed by atoms with E-state index < -0.39 is 6.10 Å². The number of likely N-dealkylation sites (N-methyl/N-ethyl adjacent to an activating group) is 1. The molecule has 0 bridgehead atoms. The summed E-state index contributed by atoms with van der Waals surface area (Å²) in [5, 5.41) is 25.1. The van der Waals surface area contributed by atoms with Crippen LogP contribution in [0.25, 0.3) is 0 Å². The summed E-state index contributed by atoms with van der Waals surface area (Å²) in [6.07, 6.45) is 10.4. The largest absolute Gasteiger partial charge is 0.390 e. The van der Waals surface area contributed by atoms with Crippen LogP contribution in [0.1, 0.15) is 71.6 Å². The number of aliphatic hydroxyl groups is 1. The highest BCUT2D eigenvalue weighted by molar-refractivity contribution is 5.78. The van der Waals surface area contributed by atoms with Crippen LogP contribution in [0.4, 0.5) is 0 Å². The van der Waals surface area contributed by atoms with Gasteiger partial charge in [-0.1, -0.05) is 13.3 Å². The fourth-order valence-corrected chi connectivity index (χ4v) is 8.53. The molecular weight excluding hydrogens is 558 g/mol. The Morgan fingerprint density at radius 3 is 2.59 bits per heavy atom. The molecule has 6 rings (SSSR count). The maximum Gasteiger partial charge on any atom is 0.223 e. The first-order valence-corrected chi connectivity index (χ1v) is 18.1. The summed E-state index contributed by atoms with van der Waals surface area (Å²) < 4.78 is 12.0. The van der Waals surface area contributed by atoms with Gasteiger partial charge < -0.3 is 29.7 Å². The number of fused-ring (bicyclic) bond motifs is 1. The van der Waals surface area contributed by atoms with Gasteiger partial charge in [0.1, 0.15) is 0 Å². The van der Waals surface area contributed by atoms with Crippen LogP contribution in [0, 0.1) is 17.8 Å². The summed E-state index contributed by atoms with van der Waals surface area (Å²) in [4.78, 5) is 20.9. The maximum atomic E-state index is 13.5. The van der Waals surface area contributed by atoms with Crippen molar-refractivity contribution < 1.29 is 19.4 Å². The van der Waals surface area contributed by atoms with E-state index >= 15 is 0 Å². The van der Waals surface area contributed by atoms with Gasteiger partial charge in [-0.2, -0.15) is 0 Å². The number of likely N-dealkylation sites (tertiary alicyclic amines) is 1. The second-order valence-electron chi connectivity index (χ2n) is 14.7. The van der Waals surface area contributed by atoms with E-state index in [0.717, 1.165) is 71.5 Å². The van der Waals surface area contributed by atoms with Gasteiger partial charge in [-0.05, 0) is 83.2 Å². The minimum absolute atomic E-state index is 0.0388. The fraction of sp³-hybridized carbons (Fsp3) is 0.970. The quantitative estimate of drug-likeness (QED) is 0.214. The molecule has 44 heavy (non-hydrogen) atoms. The van der Waals surface area contributed by atoms with Crippen molar-refractivity contribution in [2.24, 2.45) is 17.8 Å². The first-order chi connectivity index (χ1) is 21.4. The van der Waals surface area contributed by atoms with Crippen LogP contribution in [0.5, 0.6) is 0 Å². The number of piperidine rings is 2. The molecule has 252 valence electrons. The summed E-state index contributed by atoms with van der Waals surface area (Å²) in [5.74, 6) is 1.46. The molecule has 5 N–H and O–H groups in total. The van der Waals surface area contributed by atoms with Gasteiger partial charge in [-0.15, -0.1) is 0 Å². The second-order valence-corrected chi connectivity index (χ2v) is 14.7. The molecule has 4 aliphatic heterocycles. The zero-order chi connectivity index (χ0) is 30.5. The van der Waals surface area contributed by atoms with Crippen molar-refractivity contribution >= 4 is 5.91 Å². The molecule has 0 spiro atoms. The number of piperazine rings is 1. The lowest BCUT2D eigenvalue weighted by Crippen LogP contribution is -2.64. The van der Waals surface area contributed by atoms with Crippen molar-refractivity contribution in [1.82, 2.24) is 36.0 Å². The highest BCUT2D eigenvalue weighted by Gasteiger charge is 2.39. The van der Waals surface area contributed by atoms with Crippen molar-refractivity contribution in [1.29, 1.82) is 0 Å². The lowest BCUT2D eigenvalue weighted by atomic mass is 9.74. The maximum absolute atomic E-state index is 13.5. The molecule has 0 radical (unpaired) electrons. The number of amides is 1. The first-order valence-electron chi connectivity index (χ1n) is 18.1. The number of aliphatic hydroxyl groups excluding tert-OH is 1. The van der Waals surface area contributed by atoms with Gasteiger partial charge in [0.25, 0.3) is 0 Å². The van der Waals surface area contributed by atoms with Crippen LogP contribution in [0.2, 0.25) is 0 Å². The minimum atomic E-state index is -0.541. The fourth-order valence-electron chi connectivity index (χ4n) is 8.53. The van der Waals surface area contributed by atoms with Gasteiger partial charge in [-0.25, -0.2) is 0 Å². The first kappa shape index (κ1) is 33.0. The molecule has 0 aromatic heterocycles. The molecule has 8 unspecified atom stereocenters. The molecule has 2 saturated carbocycles. The molecule has 4 saturated heterocycles. The Balaban J connectivity index is 0.919. The average Bonchev–Trinajstić information content (AvgIpc) is 3.44. The van der Waals surface area contributed by atoms with Crippen molar-refractivity contribution in [3.63, 3.8) is 0 Å². The Kier molecular flexibility index (Phi) is 11.9. The number of hydrogen-bond donors (Lipinski definition) is 5. The number of nitrogens with zero attached hydrogens (tertiary/aromatic N) is 3. The summed E-state index contributed by atoms with van der Waals surface area (Å²) in [6, 6.07) is 0.938. The molecular formula is C33H61N7O4. The van der Waals surface area contributed by atoms with Crippen LogP contribution in [-0.2, 0) is 14.3 Å². The van der Waals surface area contributed by atoms with Crippen molar-refractivity contribution in [2.45, 2.75) is 114 Å². The van der Waals surface area contributed by atoms with Crippen LogP contribution < -0.4 is 21.3 Å². The van der Waals surface area contributed by atoms with Crippen LogP contribution >= 0.6 is 0 Å². The van der Waals surface area contributed by atoms with Gasteiger partial charge in [-0.3, -0.25) is 25.6 Å². The van der Waals surface area contributed by atoms with Crippen LogP contribution in [0.3, 0.4) is 0 Å². The molecule has 9 atom stereocenters. The van der Waals surface area contributed by atoms with Crippen molar-refractivity contribution in [3.8, 4) is 0 Å². The molecule has 6 aliphatic rings. The zero-order valence-corrected chi connectivity index (χ0v) is 27.4. The number of carbonyl (C=O) groups is 1. The monoisotopic (exact) mass is 619 g/mol. The smallest absolute Gasteiger partial charge is 0.223 e. The Morgan fingerprint density at radius 1 is 1.02 bits per heavy atom. The van der Waals surface area contributed by atoms with Gasteiger partial charge in [0, 0.05) is 63.8 Å². The average molecular weight is 620 g/mol. The summed E-state index contributed by atoms with van der Waals surface area (Å²) >= 11 is 0. The normalized spacial score (nSPS) is 38.6. The molecule has 1 amide bonds. The number of nitrogens with one attached hydrogen (secondary N) is 4. The Bertz CT molecular complexity index is 903. The van der Waals surface area contributed by atoms with Gasteiger partial charge in [0.05, 0.1) is 44.0 Å². The molecule has 11 heteroatoms. The molecule has 2 aliphatic carbocycles. The Morgan fingerprint density at radius 2 is 1.86 bits per heavy atom. The second kappa shape index (κ2) is 15.8. The van der Waals surface area contributed by atoms with E-state index in [-0.39, 0.29) is 30.3 Å². The van der Waals surface area contributed by atoms with Crippen molar-refractivity contribution in [2.75, 3.05) is 72.2 Å². The third-order valence-corrected chi connectivity index (χ3v) is 11.8. The topological polar surface area (TPSA) is 114 Å². The van der Waals surface area contributed by atoms with Gasteiger partial charge >= 0.3 is 0 Å². The third-order valence-electron chi connectivity index (χ3n) is 11.8. The highest BCUT2D eigenvalue weighted by atomic mass is 16.5. The Hall–Kier alpha value is -0.890. The van der Waals surface area contributed by atoms with E-state index in [0.29, 0.717) is 56.5 Å². The number of β-amino-alcohol motifs (C(OH)–C–C–N with tert-alkyl or cyclic N) is 1. The predicted molar refractivity (Wildman–Crippen MR) is 171 cm³/mol. The SMILES string of the molecule is CCN1CCN(C2CC(C(=O)NC[C@H](O)CN3CCC4CC(OCC5OCNC5C)CCC4C3)CC(NC3CCC3)N2)CC1. The highest BCUT2D eigenvalue weighted by Crippen LogP contribution is 2.37. The number of hydrogen-bond acceptors (Lipinski definition) is 10. The predicted octanol–water partition coefficient (Wildman–Crippen LogP) is 0.737. The number of rotatable bonds is 12. The third kappa shape index (κ3) is 8.72. The van der Waals surface area contributed by atoms with Gasteiger partial charge in [0.2, 0.25) is 5.91 Å². The summed E-state index contributed by atoms with van der Waals surface area (Å²) in [7, 11) is 0. The van der Waals surface area contributed by atoms with Crippen LogP contribution in [0.15, 0.2) is 0 Å². The van der Waals surface area contributed by atoms with Gasteiger partial charge in [0.15, 0.2) is 0 Å². The molecule has 0 aromatic rings. The lowest BCUT2D eigenvalue weighted by molar-refractivity contribution is -0.128. The minimum Gasteiger partial charge on any atom is -0.390 e. The molecule has 11 nitrogen and oxygen atoms in total. The summed E-state index contributed by atoms with van der Waals surface area (Å²) in [5.41, 5.74) is 0. The van der Waals surface area contributed by atoms with Crippen molar-refractivity contribution in [3.05, 3.63) is 0 Å². The van der Waals surface area contributed by atoms with Crippen LogP contribution in [-0.4, -0.2) is 141 Å². The van der Waals surface area contributed by atoms with E-state index in [1.54, 1.807) is 0 Å².